The summed E-state index contributed by atoms with van der Waals surface area (Å²) < 4.78 is 40.7. The maximum Gasteiger partial charge on any atom is 0.387 e. The number of hydrogen-bond donors (Lipinski definition) is 2. The molecular weight excluding hydrogens is 344 g/mol. The highest BCUT2D eigenvalue weighted by molar-refractivity contribution is 5.79. The minimum absolute atomic E-state index is 0.0718. The summed E-state index contributed by atoms with van der Waals surface area (Å²) in [5.41, 5.74) is 0.565. The van der Waals surface area contributed by atoms with Gasteiger partial charge in [-0.05, 0) is 30.7 Å². The van der Waals surface area contributed by atoms with E-state index in [1.165, 1.54) is 6.07 Å². The molecule has 0 unspecified atom stereocenters. The molecule has 0 aliphatic heterocycles. The Bertz CT molecular complexity index is 691. The molecule has 1 heterocycles. The van der Waals surface area contributed by atoms with Crippen molar-refractivity contribution in [2.24, 2.45) is 4.99 Å². The Morgan fingerprint density at radius 2 is 2.04 bits per heavy atom. The molecule has 0 aliphatic carbocycles. The average molecular weight is 367 g/mol. The van der Waals surface area contributed by atoms with Crippen molar-refractivity contribution in [1.29, 1.82) is 0 Å². The molecule has 142 valence electrons. The first-order valence-electron chi connectivity index (χ1n) is 8.29. The quantitative estimate of drug-likeness (QED) is 0.524. The van der Waals surface area contributed by atoms with Crippen LogP contribution in [-0.4, -0.2) is 26.2 Å². The molecule has 0 atom stereocenters. The van der Waals surface area contributed by atoms with Crippen LogP contribution in [0, 0.1) is 0 Å². The number of rotatable bonds is 9. The van der Waals surface area contributed by atoms with Gasteiger partial charge in [-0.15, -0.1) is 0 Å². The number of alkyl halides is 2. The Balaban J connectivity index is 1.99. The van der Waals surface area contributed by atoms with Crippen LogP contribution in [0.4, 0.5) is 8.78 Å². The zero-order chi connectivity index (χ0) is 18.8. The number of benzene rings is 1. The first-order valence-corrected chi connectivity index (χ1v) is 8.29. The summed E-state index contributed by atoms with van der Waals surface area (Å²) >= 11 is 0. The van der Waals surface area contributed by atoms with Crippen molar-refractivity contribution < 1.29 is 22.7 Å². The highest BCUT2D eigenvalue weighted by Crippen LogP contribution is 2.26. The van der Waals surface area contributed by atoms with Gasteiger partial charge in [-0.1, -0.05) is 6.92 Å². The lowest BCUT2D eigenvalue weighted by atomic mass is 10.2. The molecular formula is C18H23F2N3O3. The molecule has 2 N–H and O–H groups in total. The maximum absolute atomic E-state index is 12.7. The van der Waals surface area contributed by atoms with Crippen LogP contribution in [0.15, 0.2) is 46.0 Å². The monoisotopic (exact) mass is 367 g/mol. The van der Waals surface area contributed by atoms with Crippen LogP contribution in [0.3, 0.4) is 0 Å². The van der Waals surface area contributed by atoms with E-state index in [-0.39, 0.29) is 12.3 Å². The molecule has 0 fully saturated rings. The SMILES string of the molecule is CCCOc1ccc(CNC(=NC)NCc2ccco2)c(OC(F)F)c1. The van der Waals surface area contributed by atoms with Crippen molar-refractivity contribution in [2.75, 3.05) is 13.7 Å². The Morgan fingerprint density at radius 1 is 1.23 bits per heavy atom. The predicted molar refractivity (Wildman–Crippen MR) is 94.6 cm³/mol. The van der Waals surface area contributed by atoms with Gasteiger partial charge in [-0.25, -0.2) is 0 Å². The normalized spacial score (nSPS) is 11.5. The van der Waals surface area contributed by atoms with Crippen LogP contribution >= 0.6 is 0 Å². The van der Waals surface area contributed by atoms with Gasteiger partial charge in [0.1, 0.15) is 17.3 Å². The van der Waals surface area contributed by atoms with Gasteiger partial charge in [0, 0.05) is 25.2 Å². The van der Waals surface area contributed by atoms with E-state index in [9.17, 15) is 8.78 Å². The van der Waals surface area contributed by atoms with Crippen molar-refractivity contribution in [3.05, 3.63) is 47.9 Å². The van der Waals surface area contributed by atoms with Crippen molar-refractivity contribution >= 4 is 5.96 Å². The Morgan fingerprint density at radius 3 is 2.69 bits per heavy atom. The molecule has 1 aromatic carbocycles. The first-order chi connectivity index (χ1) is 12.6. The van der Waals surface area contributed by atoms with Crippen molar-refractivity contribution in [2.45, 2.75) is 33.0 Å². The second kappa shape index (κ2) is 10.3. The fourth-order valence-corrected chi connectivity index (χ4v) is 2.18. The summed E-state index contributed by atoms with van der Waals surface area (Å²) in [6, 6.07) is 8.52. The standard InChI is InChI=1S/C18H23F2N3O3/c1-3-8-24-14-7-6-13(16(10-14)26-17(19)20)11-22-18(21-2)23-12-15-5-4-9-25-15/h4-7,9-10,17H,3,8,11-12H2,1-2H3,(H2,21,22,23). The molecule has 0 aliphatic rings. The molecule has 1 aromatic heterocycles. The van der Waals surface area contributed by atoms with Gasteiger partial charge >= 0.3 is 6.61 Å². The summed E-state index contributed by atoms with van der Waals surface area (Å²) in [6.07, 6.45) is 2.41. The van der Waals surface area contributed by atoms with E-state index in [1.807, 2.05) is 13.0 Å². The molecule has 2 aromatic rings. The van der Waals surface area contributed by atoms with Crippen molar-refractivity contribution in [1.82, 2.24) is 10.6 Å². The molecule has 26 heavy (non-hydrogen) atoms. The van der Waals surface area contributed by atoms with E-state index in [1.54, 1.807) is 31.5 Å². The Hall–Kier alpha value is -2.77. The highest BCUT2D eigenvalue weighted by Gasteiger charge is 2.12. The van der Waals surface area contributed by atoms with E-state index in [0.717, 1.165) is 12.2 Å². The third-order valence-corrected chi connectivity index (χ3v) is 3.41. The number of nitrogens with one attached hydrogen (secondary N) is 2. The molecule has 0 saturated heterocycles. The van der Waals surface area contributed by atoms with Gasteiger partial charge in [0.15, 0.2) is 5.96 Å². The zero-order valence-electron chi connectivity index (χ0n) is 14.8. The fourth-order valence-electron chi connectivity index (χ4n) is 2.18. The minimum Gasteiger partial charge on any atom is -0.493 e. The second-order valence-electron chi connectivity index (χ2n) is 5.36. The first kappa shape index (κ1) is 19.6. The molecule has 0 bridgehead atoms. The van der Waals surface area contributed by atoms with Gasteiger partial charge in [-0.2, -0.15) is 8.78 Å². The number of furan rings is 1. The average Bonchev–Trinajstić information content (AvgIpc) is 3.14. The number of halogens is 2. The molecule has 0 spiro atoms. The number of guanidine groups is 1. The lowest BCUT2D eigenvalue weighted by Gasteiger charge is -2.15. The van der Waals surface area contributed by atoms with Crippen LogP contribution in [0.2, 0.25) is 0 Å². The third kappa shape index (κ3) is 6.27. The van der Waals surface area contributed by atoms with Crippen LogP contribution in [0.25, 0.3) is 0 Å². The molecule has 8 heteroatoms. The van der Waals surface area contributed by atoms with Gasteiger partial charge in [0.2, 0.25) is 0 Å². The van der Waals surface area contributed by atoms with Crippen LogP contribution in [-0.2, 0) is 13.1 Å². The number of ether oxygens (including phenoxy) is 2. The van der Waals surface area contributed by atoms with Crippen molar-refractivity contribution in [3.63, 3.8) is 0 Å². The minimum atomic E-state index is -2.91. The third-order valence-electron chi connectivity index (χ3n) is 3.41. The van der Waals surface area contributed by atoms with Crippen LogP contribution < -0.4 is 20.1 Å². The van der Waals surface area contributed by atoms with E-state index in [2.05, 4.69) is 20.4 Å². The lowest BCUT2D eigenvalue weighted by Crippen LogP contribution is -2.36. The topological polar surface area (TPSA) is 68.0 Å². The maximum atomic E-state index is 12.7. The molecule has 0 radical (unpaired) electrons. The van der Waals surface area contributed by atoms with E-state index in [0.29, 0.717) is 30.4 Å². The summed E-state index contributed by atoms with van der Waals surface area (Å²) in [4.78, 5) is 4.09. The highest BCUT2D eigenvalue weighted by atomic mass is 19.3. The predicted octanol–water partition coefficient (Wildman–Crippen LogP) is 3.54. The van der Waals surface area contributed by atoms with E-state index in [4.69, 9.17) is 9.15 Å². The Kier molecular flexibility index (Phi) is 7.73. The van der Waals surface area contributed by atoms with Gasteiger partial charge in [0.05, 0.1) is 19.4 Å². The fraction of sp³-hybridized carbons (Fsp3) is 0.389. The van der Waals surface area contributed by atoms with Crippen LogP contribution in [0.1, 0.15) is 24.7 Å². The summed E-state index contributed by atoms with van der Waals surface area (Å²) in [7, 11) is 1.62. The smallest absolute Gasteiger partial charge is 0.387 e. The Labute approximate surface area is 151 Å². The number of hydrogen-bond acceptors (Lipinski definition) is 4. The lowest BCUT2D eigenvalue weighted by molar-refractivity contribution is -0.0505. The van der Waals surface area contributed by atoms with Gasteiger partial charge in [-0.3, -0.25) is 4.99 Å². The summed E-state index contributed by atoms with van der Waals surface area (Å²) in [5.74, 6) is 1.83. The van der Waals surface area contributed by atoms with Crippen LogP contribution in [0.5, 0.6) is 11.5 Å². The van der Waals surface area contributed by atoms with E-state index < -0.39 is 6.61 Å². The van der Waals surface area contributed by atoms with Gasteiger partial charge < -0.3 is 24.5 Å². The molecule has 2 rings (SSSR count). The summed E-state index contributed by atoms with van der Waals surface area (Å²) in [6.45, 7) is 0.280. The molecule has 0 saturated carbocycles. The largest absolute Gasteiger partial charge is 0.493 e. The zero-order valence-corrected chi connectivity index (χ0v) is 14.8. The number of nitrogens with zero attached hydrogens (tertiary/aromatic N) is 1. The molecule has 6 nitrogen and oxygen atoms in total. The van der Waals surface area contributed by atoms with Crippen molar-refractivity contribution in [3.8, 4) is 11.5 Å². The number of aliphatic imine (C=N–C) groups is 1. The molecule has 0 amide bonds. The second-order valence-corrected chi connectivity index (χ2v) is 5.36. The van der Waals surface area contributed by atoms with E-state index >= 15 is 0 Å². The van der Waals surface area contributed by atoms with Gasteiger partial charge in [0.25, 0.3) is 0 Å². The summed E-state index contributed by atoms with van der Waals surface area (Å²) in [5, 5.41) is 6.13.